The average molecular weight is 230 g/mol. The summed E-state index contributed by atoms with van der Waals surface area (Å²) in [4.78, 5) is 6.57. The Kier molecular flexibility index (Phi) is 3.90. The number of nitrogens with two attached hydrogens (primary N) is 2. The standard InChI is InChI=1S/C13H18N4/c14-6-9-17(10-7-15)13-5-8-16-12-4-2-1-3-11(12)13/h1-5,8H,6-7,9-10,14-15H2. The first-order valence-corrected chi connectivity index (χ1v) is 5.85. The minimum Gasteiger partial charge on any atom is -0.368 e. The molecule has 0 atom stereocenters. The van der Waals surface area contributed by atoms with Crippen molar-refractivity contribution in [2.24, 2.45) is 11.5 Å². The van der Waals surface area contributed by atoms with Gasteiger partial charge in [0, 0.05) is 43.4 Å². The van der Waals surface area contributed by atoms with Crippen LogP contribution in [0.1, 0.15) is 0 Å². The van der Waals surface area contributed by atoms with Crippen LogP contribution in [0.5, 0.6) is 0 Å². The highest BCUT2D eigenvalue weighted by Crippen LogP contribution is 2.24. The van der Waals surface area contributed by atoms with Crippen LogP contribution in [0.3, 0.4) is 0 Å². The Bertz CT molecular complexity index is 472. The third kappa shape index (κ3) is 2.54. The molecule has 0 fully saturated rings. The molecule has 90 valence electrons. The summed E-state index contributed by atoms with van der Waals surface area (Å²) < 4.78 is 0. The highest BCUT2D eigenvalue weighted by atomic mass is 15.1. The molecule has 4 heteroatoms. The third-order valence-electron chi connectivity index (χ3n) is 2.76. The number of rotatable bonds is 5. The third-order valence-corrected chi connectivity index (χ3v) is 2.76. The molecule has 4 N–H and O–H groups in total. The first kappa shape index (κ1) is 11.8. The van der Waals surface area contributed by atoms with Crippen molar-refractivity contribution in [3.8, 4) is 0 Å². The molecule has 2 aromatic rings. The van der Waals surface area contributed by atoms with Gasteiger partial charge in [-0.05, 0) is 12.1 Å². The van der Waals surface area contributed by atoms with Crippen LogP contribution in [0.15, 0.2) is 36.5 Å². The topological polar surface area (TPSA) is 68.2 Å². The van der Waals surface area contributed by atoms with E-state index < -0.39 is 0 Å². The predicted octanol–water partition coefficient (Wildman–Crippen LogP) is 0.959. The molecule has 0 spiro atoms. The summed E-state index contributed by atoms with van der Waals surface area (Å²) in [5, 5.41) is 1.15. The van der Waals surface area contributed by atoms with Gasteiger partial charge < -0.3 is 16.4 Å². The summed E-state index contributed by atoms with van der Waals surface area (Å²) in [5.74, 6) is 0. The predicted molar refractivity (Wildman–Crippen MR) is 72.1 cm³/mol. The molecule has 1 aromatic carbocycles. The van der Waals surface area contributed by atoms with E-state index in [2.05, 4.69) is 16.0 Å². The molecule has 0 amide bonds. The van der Waals surface area contributed by atoms with Crippen LogP contribution in [-0.2, 0) is 0 Å². The number of benzene rings is 1. The number of pyridine rings is 1. The quantitative estimate of drug-likeness (QED) is 0.802. The molecule has 0 aliphatic rings. The van der Waals surface area contributed by atoms with E-state index in [0.717, 1.165) is 29.7 Å². The van der Waals surface area contributed by atoms with Crippen molar-refractivity contribution >= 4 is 16.6 Å². The molecular weight excluding hydrogens is 212 g/mol. The molecule has 0 saturated carbocycles. The van der Waals surface area contributed by atoms with Crippen LogP contribution >= 0.6 is 0 Å². The van der Waals surface area contributed by atoms with E-state index in [1.54, 1.807) is 0 Å². The van der Waals surface area contributed by atoms with Crippen LogP contribution in [0.2, 0.25) is 0 Å². The summed E-state index contributed by atoms with van der Waals surface area (Å²) in [6.07, 6.45) is 1.83. The van der Waals surface area contributed by atoms with Gasteiger partial charge in [-0.25, -0.2) is 0 Å². The minimum absolute atomic E-state index is 0.622. The van der Waals surface area contributed by atoms with E-state index >= 15 is 0 Å². The van der Waals surface area contributed by atoms with Gasteiger partial charge in [0.05, 0.1) is 5.52 Å². The van der Waals surface area contributed by atoms with Crippen molar-refractivity contribution in [3.63, 3.8) is 0 Å². The Morgan fingerprint density at radius 3 is 2.41 bits per heavy atom. The van der Waals surface area contributed by atoms with Gasteiger partial charge in [0.2, 0.25) is 0 Å². The molecule has 0 aliphatic heterocycles. The van der Waals surface area contributed by atoms with Crippen LogP contribution < -0.4 is 16.4 Å². The maximum Gasteiger partial charge on any atom is 0.0722 e. The van der Waals surface area contributed by atoms with E-state index in [9.17, 15) is 0 Å². The second-order valence-corrected chi connectivity index (χ2v) is 3.91. The number of fused-ring (bicyclic) bond motifs is 1. The van der Waals surface area contributed by atoms with Gasteiger partial charge >= 0.3 is 0 Å². The SMILES string of the molecule is NCCN(CCN)c1ccnc2ccccc12. The molecule has 1 heterocycles. The van der Waals surface area contributed by atoms with Gasteiger partial charge in [0.15, 0.2) is 0 Å². The van der Waals surface area contributed by atoms with Crippen LogP contribution in [0.25, 0.3) is 10.9 Å². The number of para-hydroxylation sites is 1. The summed E-state index contributed by atoms with van der Waals surface area (Å²) in [6, 6.07) is 10.1. The maximum atomic E-state index is 5.64. The second kappa shape index (κ2) is 5.61. The fourth-order valence-electron chi connectivity index (χ4n) is 2.02. The van der Waals surface area contributed by atoms with E-state index in [-0.39, 0.29) is 0 Å². The van der Waals surface area contributed by atoms with E-state index in [1.165, 1.54) is 0 Å². The number of hydrogen-bond acceptors (Lipinski definition) is 4. The number of hydrogen-bond donors (Lipinski definition) is 2. The van der Waals surface area contributed by atoms with Gasteiger partial charge in [-0.1, -0.05) is 18.2 Å². The summed E-state index contributed by atoms with van der Waals surface area (Å²) >= 11 is 0. The zero-order chi connectivity index (χ0) is 12.1. The van der Waals surface area contributed by atoms with Crippen LogP contribution in [-0.4, -0.2) is 31.2 Å². The molecule has 0 bridgehead atoms. The highest BCUT2D eigenvalue weighted by molar-refractivity contribution is 5.91. The Morgan fingerprint density at radius 2 is 1.71 bits per heavy atom. The van der Waals surface area contributed by atoms with E-state index in [0.29, 0.717) is 13.1 Å². The summed E-state index contributed by atoms with van der Waals surface area (Å²) in [5.41, 5.74) is 13.4. The lowest BCUT2D eigenvalue weighted by atomic mass is 10.1. The van der Waals surface area contributed by atoms with Gasteiger partial charge in [-0.3, -0.25) is 4.98 Å². The van der Waals surface area contributed by atoms with Crippen molar-refractivity contribution in [2.45, 2.75) is 0 Å². The van der Waals surface area contributed by atoms with Crippen molar-refractivity contribution in [1.29, 1.82) is 0 Å². The number of aromatic nitrogens is 1. The molecule has 4 nitrogen and oxygen atoms in total. The molecule has 2 rings (SSSR count). The minimum atomic E-state index is 0.622. The average Bonchev–Trinajstić information content (AvgIpc) is 2.38. The number of nitrogens with zero attached hydrogens (tertiary/aromatic N) is 2. The molecule has 0 aliphatic carbocycles. The number of anilines is 1. The molecule has 0 unspecified atom stereocenters. The zero-order valence-corrected chi connectivity index (χ0v) is 9.84. The summed E-state index contributed by atoms with van der Waals surface area (Å²) in [6.45, 7) is 2.86. The van der Waals surface area contributed by atoms with E-state index in [1.807, 2.05) is 30.5 Å². The van der Waals surface area contributed by atoms with Crippen LogP contribution in [0, 0.1) is 0 Å². The zero-order valence-electron chi connectivity index (χ0n) is 9.84. The lowest BCUT2D eigenvalue weighted by Crippen LogP contribution is -2.34. The van der Waals surface area contributed by atoms with Gasteiger partial charge in [0.1, 0.15) is 0 Å². The second-order valence-electron chi connectivity index (χ2n) is 3.91. The van der Waals surface area contributed by atoms with Crippen LogP contribution in [0.4, 0.5) is 5.69 Å². The van der Waals surface area contributed by atoms with E-state index in [4.69, 9.17) is 11.5 Å². The Hall–Kier alpha value is -1.65. The van der Waals surface area contributed by atoms with Gasteiger partial charge in [0.25, 0.3) is 0 Å². The van der Waals surface area contributed by atoms with Gasteiger partial charge in [-0.15, -0.1) is 0 Å². The smallest absolute Gasteiger partial charge is 0.0722 e. The molecule has 0 saturated heterocycles. The van der Waals surface area contributed by atoms with Crippen molar-refractivity contribution in [1.82, 2.24) is 4.98 Å². The fourth-order valence-corrected chi connectivity index (χ4v) is 2.02. The maximum absolute atomic E-state index is 5.64. The Morgan fingerprint density at radius 1 is 1.00 bits per heavy atom. The lowest BCUT2D eigenvalue weighted by Gasteiger charge is -2.24. The monoisotopic (exact) mass is 230 g/mol. The largest absolute Gasteiger partial charge is 0.368 e. The lowest BCUT2D eigenvalue weighted by molar-refractivity contribution is 0.785. The molecule has 17 heavy (non-hydrogen) atoms. The molecule has 0 radical (unpaired) electrons. The fraction of sp³-hybridized carbons (Fsp3) is 0.308. The van der Waals surface area contributed by atoms with Crippen molar-refractivity contribution in [2.75, 3.05) is 31.1 Å². The highest BCUT2D eigenvalue weighted by Gasteiger charge is 2.08. The normalized spacial score (nSPS) is 10.7. The first-order chi connectivity index (χ1) is 8.36. The molecular formula is C13H18N4. The Labute approximate surface area is 101 Å². The molecule has 1 aromatic heterocycles. The van der Waals surface area contributed by atoms with Crippen molar-refractivity contribution in [3.05, 3.63) is 36.5 Å². The van der Waals surface area contributed by atoms with Crippen molar-refractivity contribution < 1.29 is 0 Å². The van der Waals surface area contributed by atoms with Gasteiger partial charge in [-0.2, -0.15) is 0 Å². The summed E-state index contributed by atoms with van der Waals surface area (Å²) in [7, 11) is 0. The Balaban J connectivity index is 2.44. The first-order valence-electron chi connectivity index (χ1n) is 5.85.